The number of rotatable bonds is 3. The van der Waals surface area contributed by atoms with Crippen LogP contribution in [0.4, 0.5) is 0 Å². The molecule has 0 aromatic heterocycles. The minimum absolute atomic E-state index is 0.332. The first-order valence-corrected chi connectivity index (χ1v) is 5.47. The van der Waals surface area contributed by atoms with E-state index in [1.54, 1.807) is 18.2 Å². The Morgan fingerprint density at radius 3 is 2.43 bits per heavy atom. The Balaban J connectivity index is 2.90. The number of nitrogens with zero attached hydrogens (tertiary/aromatic N) is 1. The van der Waals surface area contributed by atoms with Crippen LogP contribution < -0.4 is 4.18 Å². The SMILES string of the molecule is Cc1cccc(OS(=O)(=O)N(C)C)c1. The van der Waals surface area contributed by atoms with E-state index in [0.29, 0.717) is 5.75 Å². The quantitative estimate of drug-likeness (QED) is 0.760. The summed E-state index contributed by atoms with van der Waals surface area (Å²) in [6.45, 7) is 1.87. The largest absolute Gasteiger partial charge is 0.384 e. The molecule has 0 bridgehead atoms. The van der Waals surface area contributed by atoms with Crippen LogP contribution in [0.15, 0.2) is 24.3 Å². The van der Waals surface area contributed by atoms with Crippen molar-refractivity contribution in [2.45, 2.75) is 6.92 Å². The highest BCUT2D eigenvalue weighted by molar-refractivity contribution is 7.84. The van der Waals surface area contributed by atoms with Gasteiger partial charge in [0.1, 0.15) is 5.75 Å². The van der Waals surface area contributed by atoms with E-state index in [1.807, 2.05) is 13.0 Å². The minimum atomic E-state index is -3.63. The summed E-state index contributed by atoms with van der Waals surface area (Å²) in [4.78, 5) is 0. The van der Waals surface area contributed by atoms with E-state index in [4.69, 9.17) is 4.18 Å². The zero-order valence-corrected chi connectivity index (χ0v) is 9.21. The third-order valence-corrected chi connectivity index (χ3v) is 2.94. The smallest absolute Gasteiger partial charge is 0.371 e. The molecular formula is C9H13NO3S. The lowest BCUT2D eigenvalue weighted by Gasteiger charge is -2.11. The minimum Gasteiger partial charge on any atom is -0.371 e. The van der Waals surface area contributed by atoms with Crippen molar-refractivity contribution < 1.29 is 12.6 Å². The van der Waals surface area contributed by atoms with E-state index in [2.05, 4.69) is 0 Å². The van der Waals surface area contributed by atoms with E-state index in [1.165, 1.54) is 14.1 Å². The van der Waals surface area contributed by atoms with Gasteiger partial charge in [-0.3, -0.25) is 0 Å². The topological polar surface area (TPSA) is 46.6 Å². The lowest BCUT2D eigenvalue weighted by Crippen LogP contribution is -2.27. The van der Waals surface area contributed by atoms with E-state index < -0.39 is 10.3 Å². The van der Waals surface area contributed by atoms with Crippen LogP contribution in [0, 0.1) is 6.92 Å². The van der Waals surface area contributed by atoms with Crippen LogP contribution in [0.2, 0.25) is 0 Å². The second-order valence-corrected chi connectivity index (χ2v) is 4.89. The molecule has 0 heterocycles. The summed E-state index contributed by atoms with van der Waals surface area (Å²) in [5.41, 5.74) is 0.955. The molecule has 0 amide bonds. The van der Waals surface area contributed by atoms with Crippen LogP contribution in [0.1, 0.15) is 5.56 Å². The van der Waals surface area contributed by atoms with Crippen molar-refractivity contribution in [3.8, 4) is 5.75 Å². The highest BCUT2D eigenvalue weighted by Crippen LogP contribution is 2.15. The molecule has 0 aliphatic rings. The first-order chi connectivity index (χ1) is 6.42. The Kier molecular flexibility index (Phi) is 3.13. The van der Waals surface area contributed by atoms with Gasteiger partial charge in [-0.05, 0) is 24.6 Å². The highest BCUT2D eigenvalue weighted by Gasteiger charge is 2.15. The third kappa shape index (κ3) is 2.71. The molecule has 0 radical (unpaired) electrons. The monoisotopic (exact) mass is 215 g/mol. The molecule has 0 fully saturated rings. The predicted molar refractivity (Wildman–Crippen MR) is 54.4 cm³/mol. The average molecular weight is 215 g/mol. The Bertz CT molecular complexity index is 412. The molecule has 0 spiro atoms. The molecule has 1 aromatic carbocycles. The van der Waals surface area contributed by atoms with Crippen molar-refractivity contribution in [1.29, 1.82) is 0 Å². The van der Waals surface area contributed by atoms with Gasteiger partial charge in [-0.2, -0.15) is 12.7 Å². The van der Waals surface area contributed by atoms with Crippen molar-refractivity contribution in [2.24, 2.45) is 0 Å². The summed E-state index contributed by atoms with van der Waals surface area (Å²) < 4.78 is 28.5. The van der Waals surface area contributed by atoms with Crippen molar-refractivity contribution in [2.75, 3.05) is 14.1 Å². The fourth-order valence-corrected chi connectivity index (χ4v) is 1.36. The number of hydrogen-bond donors (Lipinski definition) is 0. The summed E-state index contributed by atoms with van der Waals surface area (Å²) in [5.74, 6) is 0.332. The van der Waals surface area contributed by atoms with Crippen LogP contribution in [0.3, 0.4) is 0 Å². The Hall–Kier alpha value is -1.07. The summed E-state index contributed by atoms with van der Waals surface area (Å²) in [5, 5.41) is 0. The van der Waals surface area contributed by atoms with Gasteiger partial charge >= 0.3 is 10.3 Å². The zero-order valence-electron chi connectivity index (χ0n) is 8.39. The first-order valence-electron chi connectivity index (χ1n) is 4.10. The fraction of sp³-hybridized carbons (Fsp3) is 0.333. The average Bonchev–Trinajstić information content (AvgIpc) is 2.02. The standard InChI is InChI=1S/C9H13NO3S/c1-8-5-4-6-9(7-8)13-14(11,12)10(2)3/h4-7H,1-3H3. The van der Waals surface area contributed by atoms with Crippen LogP contribution in [-0.2, 0) is 10.3 Å². The van der Waals surface area contributed by atoms with Gasteiger partial charge in [0.2, 0.25) is 0 Å². The second kappa shape index (κ2) is 3.98. The molecule has 0 unspecified atom stereocenters. The van der Waals surface area contributed by atoms with Gasteiger partial charge in [-0.25, -0.2) is 0 Å². The zero-order chi connectivity index (χ0) is 10.8. The Morgan fingerprint density at radius 1 is 1.29 bits per heavy atom. The lowest BCUT2D eigenvalue weighted by molar-refractivity contribution is 0.421. The van der Waals surface area contributed by atoms with Gasteiger partial charge in [0.15, 0.2) is 0 Å². The molecule has 14 heavy (non-hydrogen) atoms. The van der Waals surface area contributed by atoms with Gasteiger partial charge in [-0.1, -0.05) is 12.1 Å². The van der Waals surface area contributed by atoms with E-state index in [0.717, 1.165) is 9.87 Å². The molecule has 4 nitrogen and oxygen atoms in total. The number of aryl methyl sites for hydroxylation is 1. The summed E-state index contributed by atoms with van der Waals surface area (Å²) in [7, 11) is -0.791. The van der Waals surface area contributed by atoms with Crippen molar-refractivity contribution in [1.82, 2.24) is 4.31 Å². The number of hydrogen-bond acceptors (Lipinski definition) is 3. The van der Waals surface area contributed by atoms with Crippen LogP contribution >= 0.6 is 0 Å². The highest BCUT2D eigenvalue weighted by atomic mass is 32.2. The molecule has 0 aliphatic carbocycles. The van der Waals surface area contributed by atoms with Gasteiger partial charge in [-0.15, -0.1) is 0 Å². The molecule has 0 atom stereocenters. The van der Waals surface area contributed by atoms with Crippen molar-refractivity contribution in [3.63, 3.8) is 0 Å². The van der Waals surface area contributed by atoms with Gasteiger partial charge < -0.3 is 4.18 Å². The normalized spacial score (nSPS) is 11.7. The summed E-state index contributed by atoms with van der Waals surface area (Å²) >= 11 is 0. The molecule has 0 saturated heterocycles. The maximum Gasteiger partial charge on any atom is 0.384 e. The molecule has 1 aromatic rings. The first kappa shape index (κ1) is 11.0. The lowest BCUT2D eigenvalue weighted by atomic mass is 10.2. The summed E-state index contributed by atoms with van der Waals surface area (Å²) in [6, 6.07) is 6.89. The molecule has 0 N–H and O–H groups in total. The maximum absolute atomic E-state index is 11.3. The van der Waals surface area contributed by atoms with Crippen LogP contribution in [0.5, 0.6) is 5.75 Å². The predicted octanol–water partition coefficient (Wildman–Crippen LogP) is 1.18. The molecular weight excluding hydrogens is 202 g/mol. The Labute approximate surface area is 84.4 Å². The van der Waals surface area contributed by atoms with Crippen molar-refractivity contribution >= 4 is 10.3 Å². The fourth-order valence-electron chi connectivity index (χ4n) is 0.863. The van der Waals surface area contributed by atoms with E-state index in [-0.39, 0.29) is 0 Å². The van der Waals surface area contributed by atoms with Crippen molar-refractivity contribution in [3.05, 3.63) is 29.8 Å². The third-order valence-electron chi connectivity index (χ3n) is 1.64. The maximum atomic E-state index is 11.3. The van der Waals surface area contributed by atoms with Gasteiger partial charge in [0.05, 0.1) is 0 Å². The van der Waals surface area contributed by atoms with E-state index in [9.17, 15) is 8.42 Å². The second-order valence-electron chi connectivity index (χ2n) is 3.14. The molecule has 0 aliphatic heterocycles. The molecule has 5 heteroatoms. The number of benzene rings is 1. The molecule has 78 valence electrons. The Morgan fingerprint density at radius 2 is 1.93 bits per heavy atom. The van der Waals surface area contributed by atoms with Gasteiger partial charge in [0, 0.05) is 14.1 Å². The van der Waals surface area contributed by atoms with Crippen LogP contribution in [0.25, 0.3) is 0 Å². The van der Waals surface area contributed by atoms with Crippen LogP contribution in [-0.4, -0.2) is 26.8 Å². The summed E-state index contributed by atoms with van der Waals surface area (Å²) in [6.07, 6.45) is 0. The molecule has 0 saturated carbocycles. The van der Waals surface area contributed by atoms with E-state index >= 15 is 0 Å². The molecule has 1 rings (SSSR count). The van der Waals surface area contributed by atoms with Gasteiger partial charge in [0.25, 0.3) is 0 Å².